The summed E-state index contributed by atoms with van der Waals surface area (Å²) in [5.41, 5.74) is 0. The zero-order valence-electron chi connectivity index (χ0n) is 4.16. The molecule has 0 rings (SSSR count). The van der Waals surface area contributed by atoms with E-state index in [0.717, 1.165) is 0 Å². The second-order valence-corrected chi connectivity index (χ2v) is 2.58. The van der Waals surface area contributed by atoms with Gasteiger partial charge in [0.2, 0.25) is 0 Å². The Morgan fingerprint density at radius 2 is 2.38 bits per heavy atom. The first-order chi connectivity index (χ1) is 3.81. The van der Waals surface area contributed by atoms with Crippen LogP contribution in [0.1, 0.15) is 0 Å². The molecule has 8 heavy (non-hydrogen) atoms. The van der Waals surface area contributed by atoms with Crippen LogP contribution in [0.15, 0.2) is 0 Å². The zero-order valence-corrected chi connectivity index (χ0v) is 4.98. The molecule has 0 fully saturated rings. The Kier molecular flexibility index (Phi) is 4.08. The predicted molar refractivity (Wildman–Crippen MR) is 29.6 cm³/mol. The maximum Gasteiger partial charge on any atom is 0.132 e. The van der Waals surface area contributed by atoms with Crippen LogP contribution in [0.5, 0.6) is 0 Å². The van der Waals surface area contributed by atoms with E-state index in [1.807, 2.05) is 0 Å². The Morgan fingerprint density at radius 1 is 1.75 bits per heavy atom. The van der Waals surface area contributed by atoms with Crippen LogP contribution in [0.25, 0.3) is 0 Å². The molecule has 0 radical (unpaired) electrons. The molecule has 0 aliphatic heterocycles. The quantitative estimate of drug-likeness (QED) is 0.483. The molecule has 0 bridgehead atoms. The molecule has 0 N–H and O–H groups in total. The molecule has 44 valence electrons. The van der Waals surface area contributed by atoms with Crippen LogP contribution in [0, 0.1) is 11.3 Å². The zero-order chi connectivity index (χ0) is 6.41. The molecule has 0 heterocycles. The van der Waals surface area contributed by atoms with Crippen molar-refractivity contribution in [3.63, 3.8) is 0 Å². The third-order valence-electron chi connectivity index (χ3n) is 0.479. The Bertz CT molecular complexity index is 137. The van der Waals surface area contributed by atoms with Gasteiger partial charge in [-0.2, -0.15) is 5.26 Å². The number of nitrogens with zero attached hydrogens (tertiary/aromatic N) is 1. The van der Waals surface area contributed by atoms with Crippen LogP contribution >= 0.6 is 0 Å². The molecule has 3 nitrogen and oxygen atoms in total. The molecule has 0 spiro atoms. The van der Waals surface area contributed by atoms with Gasteiger partial charge in [0.05, 0.1) is 11.8 Å². The average Bonchev–Trinajstić information content (AvgIpc) is 1.68. The summed E-state index contributed by atoms with van der Waals surface area (Å²) in [5.74, 6) is -0.0632. The minimum atomic E-state index is -1.25. The monoisotopic (exact) mass is 131 g/mol. The van der Waals surface area contributed by atoms with Crippen LogP contribution in [-0.2, 0) is 15.6 Å². The summed E-state index contributed by atoms with van der Waals surface area (Å²) in [6, 6.07) is 1.69. The van der Waals surface area contributed by atoms with Crippen LogP contribution in [0.4, 0.5) is 0 Å². The van der Waals surface area contributed by atoms with Gasteiger partial charge in [-0.3, -0.25) is 4.21 Å². The molecular formula is C4H5NO2S. The molecule has 0 aromatic rings. The molecule has 4 heteroatoms. The maximum atomic E-state index is 10.3. The van der Waals surface area contributed by atoms with Gasteiger partial charge in [0.25, 0.3) is 0 Å². The van der Waals surface area contributed by atoms with E-state index in [1.54, 1.807) is 6.07 Å². The summed E-state index contributed by atoms with van der Waals surface area (Å²) in [7, 11) is -1.25. The Balaban J connectivity index is 3.36. The summed E-state index contributed by atoms with van der Waals surface area (Å²) < 4.78 is 10.3. The Hall–Kier alpha value is -0.690. The van der Waals surface area contributed by atoms with E-state index >= 15 is 0 Å². The van der Waals surface area contributed by atoms with E-state index in [2.05, 4.69) is 0 Å². The van der Waals surface area contributed by atoms with Gasteiger partial charge in [-0.1, -0.05) is 0 Å². The highest BCUT2D eigenvalue weighted by Crippen LogP contribution is 1.74. The third kappa shape index (κ3) is 3.50. The molecule has 1 unspecified atom stereocenters. The number of nitriles is 1. The van der Waals surface area contributed by atoms with Crippen LogP contribution in [-0.4, -0.2) is 22.0 Å². The van der Waals surface area contributed by atoms with E-state index in [0.29, 0.717) is 6.29 Å². The number of hydrogen-bond donors (Lipinski definition) is 0. The Morgan fingerprint density at radius 3 is 2.75 bits per heavy atom. The molecule has 0 saturated carbocycles. The third-order valence-corrected chi connectivity index (χ3v) is 1.44. The summed E-state index contributed by atoms with van der Waals surface area (Å²) in [4.78, 5) is 9.59. The van der Waals surface area contributed by atoms with Gasteiger partial charge in [0, 0.05) is 10.8 Å². The number of aldehydes is 1. The molecule has 0 aliphatic carbocycles. The van der Waals surface area contributed by atoms with Crippen molar-refractivity contribution in [2.24, 2.45) is 0 Å². The summed E-state index contributed by atoms with van der Waals surface area (Å²) >= 11 is 0. The van der Waals surface area contributed by atoms with Gasteiger partial charge in [-0.25, -0.2) is 0 Å². The normalized spacial score (nSPS) is 11.9. The first-order valence-electron chi connectivity index (χ1n) is 1.97. The van der Waals surface area contributed by atoms with Crippen molar-refractivity contribution in [3.05, 3.63) is 0 Å². The summed E-state index contributed by atoms with van der Waals surface area (Å²) in [5, 5.41) is 7.90. The van der Waals surface area contributed by atoms with Crippen LogP contribution < -0.4 is 0 Å². The van der Waals surface area contributed by atoms with Crippen molar-refractivity contribution in [2.75, 3.05) is 11.5 Å². The number of rotatable bonds is 3. The molecule has 0 aliphatic rings. The van der Waals surface area contributed by atoms with Crippen LogP contribution in [0.3, 0.4) is 0 Å². The van der Waals surface area contributed by atoms with Gasteiger partial charge < -0.3 is 4.79 Å². The maximum absolute atomic E-state index is 10.3. The first-order valence-corrected chi connectivity index (χ1v) is 3.45. The SMILES string of the molecule is N#CCS(=O)CC=O. The van der Waals surface area contributed by atoms with Gasteiger partial charge in [0.15, 0.2) is 0 Å². The van der Waals surface area contributed by atoms with Gasteiger partial charge >= 0.3 is 0 Å². The lowest BCUT2D eigenvalue weighted by Gasteiger charge is -1.81. The first kappa shape index (κ1) is 7.31. The highest BCUT2D eigenvalue weighted by Gasteiger charge is 1.93. The predicted octanol–water partition coefficient (Wildman–Crippen LogP) is -0.542. The van der Waals surface area contributed by atoms with Crippen molar-refractivity contribution in [2.45, 2.75) is 0 Å². The lowest BCUT2D eigenvalue weighted by molar-refractivity contribution is -0.105. The molecule has 0 amide bonds. The van der Waals surface area contributed by atoms with E-state index < -0.39 is 10.8 Å². The minimum absolute atomic E-state index is 0.0203. The topological polar surface area (TPSA) is 57.9 Å². The molecule has 0 saturated heterocycles. The molecular weight excluding hydrogens is 126 g/mol. The highest BCUT2D eigenvalue weighted by molar-refractivity contribution is 7.85. The molecule has 1 atom stereocenters. The lowest BCUT2D eigenvalue weighted by Crippen LogP contribution is -2.00. The van der Waals surface area contributed by atoms with Crippen molar-refractivity contribution < 1.29 is 9.00 Å². The standard InChI is InChI=1S/C4H5NO2S/c5-1-3-8(7)4-2-6/h2H,3-4H2. The van der Waals surface area contributed by atoms with Gasteiger partial charge in [-0.05, 0) is 0 Å². The smallest absolute Gasteiger partial charge is 0.132 e. The average molecular weight is 131 g/mol. The highest BCUT2D eigenvalue weighted by atomic mass is 32.2. The van der Waals surface area contributed by atoms with Crippen molar-refractivity contribution in [1.29, 1.82) is 5.26 Å². The van der Waals surface area contributed by atoms with E-state index in [4.69, 9.17) is 5.26 Å². The van der Waals surface area contributed by atoms with E-state index in [9.17, 15) is 9.00 Å². The fourth-order valence-corrected chi connectivity index (χ4v) is 0.620. The Labute approximate surface area is 49.8 Å². The van der Waals surface area contributed by atoms with E-state index in [-0.39, 0.29) is 11.5 Å². The fraction of sp³-hybridized carbons (Fsp3) is 0.500. The number of carbonyl (C=O) groups excluding carboxylic acids is 1. The molecule has 0 aromatic carbocycles. The number of carbonyl (C=O) groups is 1. The minimum Gasteiger partial charge on any atom is -0.302 e. The number of hydrogen-bond acceptors (Lipinski definition) is 3. The largest absolute Gasteiger partial charge is 0.302 e. The second-order valence-electron chi connectivity index (χ2n) is 1.08. The summed E-state index contributed by atoms with van der Waals surface area (Å²) in [6.07, 6.45) is 0.549. The van der Waals surface area contributed by atoms with Crippen molar-refractivity contribution in [3.8, 4) is 6.07 Å². The second kappa shape index (κ2) is 4.47. The van der Waals surface area contributed by atoms with Gasteiger partial charge in [0.1, 0.15) is 12.0 Å². The van der Waals surface area contributed by atoms with E-state index in [1.165, 1.54) is 0 Å². The van der Waals surface area contributed by atoms with Gasteiger partial charge in [-0.15, -0.1) is 0 Å². The molecule has 0 aromatic heterocycles. The van der Waals surface area contributed by atoms with Crippen LogP contribution in [0.2, 0.25) is 0 Å². The van der Waals surface area contributed by atoms with Crippen molar-refractivity contribution in [1.82, 2.24) is 0 Å². The summed E-state index contributed by atoms with van der Waals surface area (Å²) in [6.45, 7) is 0. The fourth-order valence-electron chi connectivity index (χ4n) is 0.207. The lowest BCUT2D eigenvalue weighted by atomic mass is 10.9. The van der Waals surface area contributed by atoms with Crippen molar-refractivity contribution >= 4 is 17.1 Å².